The molecule has 0 saturated heterocycles. The van der Waals surface area contributed by atoms with Crippen molar-refractivity contribution in [3.05, 3.63) is 12.2 Å². The standard InChI is InChI=1S/C19H28F2O/c1-2-15-7-9-16(10-8-15)5-3-4-6-17-11-13-18(14-12-17)22-19(20)21/h3,5,15-19H,2,7-14H2,1H3/b5-3+/t15-,16-,17-,18-. The van der Waals surface area contributed by atoms with Gasteiger partial charge in [-0.15, -0.1) is 0 Å². The summed E-state index contributed by atoms with van der Waals surface area (Å²) in [6, 6.07) is 0. The summed E-state index contributed by atoms with van der Waals surface area (Å²) in [5.41, 5.74) is 0. The molecule has 0 bridgehead atoms. The minimum atomic E-state index is -2.64. The average molecular weight is 310 g/mol. The van der Waals surface area contributed by atoms with Gasteiger partial charge in [-0.2, -0.15) is 8.78 Å². The predicted molar refractivity (Wildman–Crippen MR) is 85.5 cm³/mol. The van der Waals surface area contributed by atoms with Gasteiger partial charge < -0.3 is 4.74 Å². The third kappa shape index (κ3) is 6.08. The fourth-order valence-electron chi connectivity index (χ4n) is 3.63. The first-order valence-electron chi connectivity index (χ1n) is 8.78. The lowest BCUT2D eigenvalue weighted by Crippen LogP contribution is -2.23. The van der Waals surface area contributed by atoms with Gasteiger partial charge in [0.05, 0.1) is 6.10 Å². The maximum absolute atomic E-state index is 12.1. The van der Waals surface area contributed by atoms with E-state index in [1.165, 1.54) is 32.1 Å². The number of rotatable bonds is 4. The first kappa shape index (κ1) is 17.5. The summed E-state index contributed by atoms with van der Waals surface area (Å²) < 4.78 is 28.8. The van der Waals surface area contributed by atoms with Gasteiger partial charge >= 0.3 is 6.61 Å². The Morgan fingerprint density at radius 3 is 2.32 bits per heavy atom. The maximum Gasteiger partial charge on any atom is 0.345 e. The number of ether oxygens (including phenoxy) is 1. The van der Waals surface area contributed by atoms with Crippen LogP contribution in [0.25, 0.3) is 0 Å². The van der Waals surface area contributed by atoms with Crippen LogP contribution in [0.3, 0.4) is 0 Å². The van der Waals surface area contributed by atoms with E-state index in [2.05, 4.69) is 29.6 Å². The topological polar surface area (TPSA) is 9.23 Å². The van der Waals surface area contributed by atoms with E-state index >= 15 is 0 Å². The van der Waals surface area contributed by atoms with Gasteiger partial charge in [-0.05, 0) is 69.3 Å². The van der Waals surface area contributed by atoms with Gasteiger partial charge in [-0.25, -0.2) is 0 Å². The van der Waals surface area contributed by atoms with Crippen molar-refractivity contribution in [3.63, 3.8) is 0 Å². The fourth-order valence-corrected chi connectivity index (χ4v) is 3.63. The normalized spacial score (nSPS) is 32.9. The molecule has 0 amide bonds. The molecule has 0 N–H and O–H groups in total. The van der Waals surface area contributed by atoms with E-state index in [-0.39, 0.29) is 6.10 Å². The number of allylic oxidation sites excluding steroid dienone is 2. The summed E-state index contributed by atoms with van der Waals surface area (Å²) in [6.45, 7) is -0.355. The lowest BCUT2D eigenvalue weighted by Gasteiger charge is -2.25. The van der Waals surface area contributed by atoms with Gasteiger partial charge in [0.25, 0.3) is 0 Å². The zero-order chi connectivity index (χ0) is 15.8. The van der Waals surface area contributed by atoms with Gasteiger partial charge in [0, 0.05) is 5.92 Å². The molecule has 0 aromatic rings. The Kier molecular flexibility index (Phi) is 7.39. The second-order valence-electron chi connectivity index (χ2n) is 6.71. The highest BCUT2D eigenvalue weighted by atomic mass is 19.3. The molecule has 2 rings (SSSR count). The number of alkyl halides is 2. The molecule has 2 saturated carbocycles. The van der Waals surface area contributed by atoms with E-state index in [1.807, 2.05) is 6.08 Å². The smallest absolute Gasteiger partial charge is 0.320 e. The Morgan fingerprint density at radius 1 is 1.05 bits per heavy atom. The van der Waals surface area contributed by atoms with Crippen LogP contribution < -0.4 is 0 Å². The van der Waals surface area contributed by atoms with Crippen molar-refractivity contribution in [3.8, 4) is 11.8 Å². The Labute approximate surface area is 133 Å². The van der Waals surface area contributed by atoms with Crippen LogP contribution in [0.5, 0.6) is 0 Å². The van der Waals surface area contributed by atoms with Crippen molar-refractivity contribution in [2.45, 2.75) is 77.4 Å². The van der Waals surface area contributed by atoms with E-state index in [1.54, 1.807) is 0 Å². The summed E-state index contributed by atoms with van der Waals surface area (Å²) >= 11 is 0. The van der Waals surface area contributed by atoms with Gasteiger partial charge in [0.15, 0.2) is 0 Å². The van der Waals surface area contributed by atoms with Gasteiger partial charge in [-0.1, -0.05) is 31.3 Å². The van der Waals surface area contributed by atoms with Gasteiger partial charge in [0.1, 0.15) is 0 Å². The molecule has 22 heavy (non-hydrogen) atoms. The molecular weight excluding hydrogens is 282 g/mol. The molecule has 0 unspecified atom stereocenters. The number of hydrogen-bond donors (Lipinski definition) is 0. The van der Waals surface area contributed by atoms with E-state index < -0.39 is 6.61 Å². The van der Waals surface area contributed by atoms with E-state index in [0.717, 1.165) is 18.8 Å². The van der Waals surface area contributed by atoms with Crippen LogP contribution in [0.4, 0.5) is 8.78 Å². The average Bonchev–Trinajstić information content (AvgIpc) is 2.53. The molecule has 0 spiro atoms. The Balaban J connectivity index is 1.66. The molecule has 2 aliphatic rings. The molecule has 0 heterocycles. The quantitative estimate of drug-likeness (QED) is 0.618. The summed E-state index contributed by atoms with van der Waals surface area (Å²) in [5.74, 6) is 8.42. The number of halogens is 2. The van der Waals surface area contributed by atoms with Crippen LogP contribution in [-0.4, -0.2) is 12.7 Å². The second kappa shape index (κ2) is 9.30. The summed E-state index contributed by atoms with van der Waals surface area (Å²) in [7, 11) is 0. The largest absolute Gasteiger partial charge is 0.345 e. The van der Waals surface area contributed by atoms with Crippen molar-refractivity contribution in [2.75, 3.05) is 0 Å². The first-order valence-corrected chi connectivity index (χ1v) is 8.78. The van der Waals surface area contributed by atoms with Gasteiger partial charge in [-0.3, -0.25) is 0 Å². The fraction of sp³-hybridized carbons (Fsp3) is 0.789. The molecule has 1 nitrogen and oxygen atoms in total. The Hall–Kier alpha value is -0.880. The molecule has 3 heteroatoms. The zero-order valence-electron chi connectivity index (χ0n) is 13.6. The predicted octanol–water partition coefficient (Wildman–Crippen LogP) is 5.56. The zero-order valence-corrected chi connectivity index (χ0v) is 13.6. The first-order chi connectivity index (χ1) is 10.7. The highest BCUT2D eigenvalue weighted by molar-refractivity contribution is 5.18. The maximum atomic E-state index is 12.1. The van der Waals surface area contributed by atoms with Gasteiger partial charge in [0.2, 0.25) is 0 Å². The molecule has 0 aromatic heterocycles. The molecule has 0 atom stereocenters. The molecule has 2 fully saturated rings. The summed E-state index contributed by atoms with van der Waals surface area (Å²) in [4.78, 5) is 0. The molecule has 2 aliphatic carbocycles. The molecule has 124 valence electrons. The van der Waals surface area contributed by atoms with Crippen molar-refractivity contribution in [1.29, 1.82) is 0 Å². The molecule has 0 radical (unpaired) electrons. The highest BCUT2D eigenvalue weighted by Gasteiger charge is 2.22. The lowest BCUT2D eigenvalue weighted by atomic mass is 9.81. The van der Waals surface area contributed by atoms with Crippen molar-refractivity contribution < 1.29 is 13.5 Å². The van der Waals surface area contributed by atoms with E-state index in [4.69, 9.17) is 0 Å². The molecule has 0 aliphatic heterocycles. The number of hydrogen-bond acceptors (Lipinski definition) is 1. The van der Waals surface area contributed by atoms with E-state index in [0.29, 0.717) is 24.7 Å². The molecule has 0 aromatic carbocycles. The van der Waals surface area contributed by atoms with Crippen LogP contribution in [-0.2, 0) is 4.74 Å². The Bertz CT molecular complexity index is 391. The monoisotopic (exact) mass is 310 g/mol. The van der Waals surface area contributed by atoms with Crippen LogP contribution >= 0.6 is 0 Å². The highest BCUT2D eigenvalue weighted by Crippen LogP contribution is 2.31. The third-order valence-corrected chi connectivity index (χ3v) is 5.18. The lowest BCUT2D eigenvalue weighted by molar-refractivity contribution is -0.170. The minimum absolute atomic E-state index is 0.276. The van der Waals surface area contributed by atoms with Crippen molar-refractivity contribution in [1.82, 2.24) is 0 Å². The summed E-state index contributed by atoms with van der Waals surface area (Å²) in [6.07, 6.45) is 13.8. The van der Waals surface area contributed by atoms with Crippen molar-refractivity contribution >= 4 is 0 Å². The third-order valence-electron chi connectivity index (χ3n) is 5.18. The second-order valence-corrected chi connectivity index (χ2v) is 6.71. The van der Waals surface area contributed by atoms with E-state index in [9.17, 15) is 8.78 Å². The molecular formula is C19H28F2O. The SMILES string of the molecule is CC[C@H]1CC[C@H](/C=C/C#C[C@H]2CC[C@H](OC(F)F)CC2)CC1. The van der Waals surface area contributed by atoms with Crippen LogP contribution in [0.2, 0.25) is 0 Å². The van der Waals surface area contributed by atoms with Crippen molar-refractivity contribution in [2.24, 2.45) is 17.8 Å². The van der Waals surface area contributed by atoms with Crippen LogP contribution in [0.15, 0.2) is 12.2 Å². The summed E-state index contributed by atoms with van der Waals surface area (Å²) in [5, 5.41) is 0. The van der Waals surface area contributed by atoms with Crippen LogP contribution in [0.1, 0.15) is 64.7 Å². The van der Waals surface area contributed by atoms with Crippen LogP contribution in [0, 0.1) is 29.6 Å². The minimum Gasteiger partial charge on any atom is -0.320 e. The Morgan fingerprint density at radius 2 is 1.73 bits per heavy atom.